The van der Waals surface area contributed by atoms with Crippen LogP contribution in [0.2, 0.25) is 0 Å². The monoisotopic (exact) mass is 918 g/mol. The van der Waals surface area contributed by atoms with Crippen LogP contribution in [0.3, 0.4) is 0 Å². The van der Waals surface area contributed by atoms with Gasteiger partial charge >= 0.3 is 11.9 Å². The Bertz CT molecular complexity index is 3320. The third-order valence-electron chi connectivity index (χ3n) is 14.9. The summed E-state index contributed by atoms with van der Waals surface area (Å²) in [5.41, 5.74) is 11.9. The second-order valence-corrected chi connectivity index (χ2v) is 18.7. The Morgan fingerprint density at radius 2 is 1.19 bits per heavy atom. The van der Waals surface area contributed by atoms with Gasteiger partial charge in [-0.25, -0.2) is 14.5 Å². The van der Waals surface area contributed by atoms with Gasteiger partial charge in [-0.2, -0.15) is 10.2 Å². The summed E-state index contributed by atoms with van der Waals surface area (Å²) in [4.78, 5) is 61.4. The van der Waals surface area contributed by atoms with E-state index in [2.05, 4.69) is 34.9 Å². The van der Waals surface area contributed by atoms with E-state index in [0.717, 1.165) is 89.0 Å². The number of benzene rings is 7. The third kappa shape index (κ3) is 6.86. The number of rotatable bonds is 7. The molecule has 2 bridgehead atoms. The first-order valence-electron chi connectivity index (χ1n) is 23.8. The molecule has 2 unspecified atom stereocenters. The molecule has 3 heterocycles. The van der Waals surface area contributed by atoms with Crippen molar-refractivity contribution in [3.8, 4) is 34.1 Å². The fourth-order valence-corrected chi connectivity index (χ4v) is 12.0. The summed E-state index contributed by atoms with van der Waals surface area (Å²) < 4.78 is 10.1. The zero-order valence-electron chi connectivity index (χ0n) is 38.6. The number of anilines is 2. The Kier molecular flexibility index (Phi) is 10.4. The number of imide groups is 1. The molecule has 0 radical (unpaired) electrons. The SMILES string of the molecule is COC(=O)c1cc(C#C[C@]23c4ccccc4[C@@H](c4ccc(N=Nc5cc6c7c(c5)CCCN7CCC6)cc42)C2C(=O)N(c4cc(-c5ccccc5)cc(-c5ccccc5)c4)C(=O)C23)cc(C(=O)OC)c1. The maximum Gasteiger partial charge on any atom is 0.337 e. The molecule has 1 fully saturated rings. The van der Waals surface area contributed by atoms with E-state index in [9.17, 15) is 9.59 Å². The second kappa shape index (κ2) is 17.0. The van der Waals surface area contributed by atoms with E-state index in [1.54, 1.807) is 12.1 Å². The Morgan fingerprint density at radius 1 is 0.600 bits per heavy atom. The van der Waals surface area contributed by atoms with Crippen LogP contribution in [0.15, 0.2) is 162 Å². The number of azo groups is 1. The number of aryl methyl sites for hydroxylation is 2. The summed E-state index contributed by atoms with van der Waals surface area (Å²) in [6.07, 6.45) is 4.22. The lowest BCUT2D eigenvalue weighted by Gasteiger charge is -2.51. The van der Waals surface area contributed by atoms with Crippen molar-refractivity contribution in [2.75, 3.05) is 37.1 Å². The fourth-order valence-electron chi connectivity index (χ4n) is 12.0. The highest BCUT2D eigenvalue weighted by atomic mass is 16.5. The van der Waals surface area contributed by atoms with E-state index in [1.807, 2.05) is 115 Å². The summed E-state index contributed by atoms with van der Waals surface area (Å²) in [5, 5.41) is 9.72. The van der Waals surface area contributed by atoms with E-state index in [-0.39, 0.29) is 22.9 Å². The topological polar surface area (TPSA) is 118 Å². The minimum atomic E-state index is -1.41. The molecule has 3 aliphatic heterocycles. The molecule has 0 N–H and O–H groups in total. The van der Waals surface area contributed by atoms with Crippen LogP contribution in [0.4, 0.5) is 22.7 Å². The molecule has 4 atom stereocenters. The number of amides is 2. The van der Waals surface area contributed by atoms with Gasteiger partial charge in [0.05, 0.1) is 59.7 Å². The van der Waals surface area contributed by atoms with Crippen LogP contribution >= 0.6 is 0 Å². The lowest BCUT2D eigenvalue weighted by molar-refractivity contribution is -0.122. The average molecular weight is 919 g/mol. The lowest BCUT2D eigenvalue weighted by Crippen LogP contribution is -2.53. The van der Waals surface area contributed by atoms with Crippen molar-refractivity contribution in [3.05, 3.63) is 202 Å². The number of methoxy groups -OCH3 is 2. The first-order chi connectivity index (χ1) is 34.2. The van der Waals surface area contributed by atoms with Crippen molar-refractivity contribution in [2.45, 2.75) is 37.0 Å². The highest BCUT2D eigenvalue weighted by Crippen LogP contribution is 2.65. The van der Waals surface area contributed by atoms with E-state index in [1.165, 1.54) is 42.0 Å². The van der Waals surface area contributed by atoms with Crippen LogP contribution < -0.4 is 9.80 Å². The van der Waals surface area contributed by atoms with Crippen molar-refractivity contribution in [2.24, 2.45) is 22.1 Å². The second-order valence-electron chi connectivity index (χ2n) is 18.7. The summed E-state index contributed by atoms with van der Waals surface area (Å²) >= 11 is 0. The van der Waals surface area contributed by atoms with Gasteiger partial charge in [0.15, 0.2) is 0 Å². The predicted octanol–water partition coefficient (Wildman–Crippen LogP) is 11.3. The maximum absolute atomic E-state index is 15.9. The highest BCUT2D eigenvalue weighted by Gasteiger charge is 2.68. The largest absolute Gasteiger partial charge is 0.465 e. The molecule has 3 aliphatic carbocycles. The molecular formula is C60H46N4O6. The number of carbonyl (C=O) groups is 4. The van der Waals surface area contributed by atoms with Gasteiger partial charge in [0.2, 0.25) is 11.8 Å². The van der Waals surface area contributed by atoms with Crippen molar-refractivity contribution < 1.29 is 28.7 Å². The Balaban J connectivity index is 1.05. The normalized spacial score (nSPS) is 20.2. The first-order valence-corrected chi connectivity index (χ1v) is 23.8. The number of hydrogen-bond acceptors (Lipinski definition) is 9. The molecule has 0 saturated carbocycles. The number of hydrogen-bond donors (Lipinski definition) is 0. The zero-order chi connectivity index (χ0) is 47.7. The van der Waals surface area contributed by atoms with E-state index in [0.29, 0.717) is 16.9 Å². The van der Waals surface area contributed by atoms with Crippen LogP contribution in [0.5, 0.6) is 0 Å². The molecular weight excluding hydrogens is 873 g/mol. The van der Waals surface area contributed by atoms with E-state index >= 15 is 9.59 Å². The summed E-state index contributed by atoms with van der Waals surface area (Å²) in [5.74, 6) is 2.68. The Morgan fingerprint density at radius 3 is 1.81 bits per heavy atom. The number of nitrogens with zero attached hydrogens (tertiary/aromatic N) is 4. The van der Waals surface area contributed by atoms with Crippen molar-refractivity contribution >= 4 is 46.5 Å². The number of esters is 2. The van der Waals surface area contributed by atoms with Gasteiger partial charge in [-0.15, -0.1) is 0 Å². The van der Waals surface area contributed by atoms with Crippen LogP contribution in [0.1, 0.15) is 78.4 Å². The van der Waals surface area contributed by atoms with Gasteiger partial charge in [-0.05, 0) is 142 Å². The summed E-state index contributed by atoms with van der Waals surface area (Å²) in [6.45, 7) is 2.16. The molecule has 2 amide bonds. The zero-order valence-corrected chi connectivity index (χ0v) is 38.6. The van der Waals surface area contributed by atoms with Crippen molar-refractivity contribution in [1.29, 1.82) is 0 Å². The molecule has 10 heteroatoms. The molecule has 1 saturated heterocycles. The van der Waals surface area contributed by atoms with Crippen molar-refractivity contribution in [3.63, 3.8) is 0 Å². The fraction of sp³-hybridized carbons (Fsp3) is 0.200. The van der Waals surface area contributed by atoms with Crippen LogP contribution in [-0.4, -0.2) is 51.1 Å². The lowest BCUT2D eigenvalue weighted by atomic mass is 9.47. The summed E-state index contributed by atoms with van der Waals surface area (Å²) in [7, 11) is 2.53. The van der Waals surface area contributed by atoms with Crippen LogP contribution in [-0.2, 0) is 37.3 Å². The minimum Gasteiger partial charge on any atom is -0.465 e. The van der Waals surface area contributed by atoms with Gasteiger partial charge in [-0.3, -0.25) is 9.59 Å². The van der Waals surface area contributed by atoms with Gasteiger partial charge in [0.1, 0.15) is 0 Å². The Hall–Kier alpha value is -8.42. The quantitative estimate of drug-likeness (QED) is 0.0676. The minimum absolute atomic E-state index is 0.107. The van der Waals surface area contributed by atoms with Crippen molar-refractivity contribution in [1.82, 2.24) is 0 Å². The van der Waals surface area contributed by atoms with Crippen LogP contribution in [0.25, 0.3) is 22.3 Å². The maximum atomic E-state index is 15.9. The van der Waals surface area contributed by atoms with E-state index < -0.39 is 35.1 Å². The summed E-state index contributed by atoms with van der Waals surface area (Å²) in [6, 6.07) is 48.5. The number of ether oxygens (including phenoxy) is 2. The molecule has 13 rings (SSSR count). The standard InChI is InChI=1S/C60H46N4O6/c1-69-58(67)43-27-36(28-44(30-43)59(68)70-2)23-24-60-50-20-10-9-19-48(50)52(49-22-21-45(35-51(49)60)61-62-46-31-39-17-11-25-63-26-12-18-40(32-46)55(39)63)53-54(60)57(66)64(56(53)65)47-33-41(37-13-5-3-6-14-37)29-42(34-47)38-15-7-4-8-16-38/h3-10,13-16,19-22,27-35,52-54H,11-12,17-18,25-26H2,1-2H3/t52-,53?,54?,60-/m0/s1. The molecule has 7 aromatic rings. The van der Waals surface area contributed by atoms with Crippen LogP contribution in [0, 0.1) is 23.7 Å². The third-order valence-corrected chi connectivity index (χ3v) is 14.9. The molecule has 70 heavy (non-hydrogen) atoms. The molecule has 342 valence electrons. The van der Waals surface area contributed by atoms with Gasteiger partial charge in [0, 0.05) is 30.3 Å². The first kappa shape index (κ1) is 42.9. The Labute approximate surface area is 405 Å². The molecule has 0 spiro atoms. The average Bonchev–Trinajstić information content (AvgIpc) is 3.69. The van der Waals surface area contributed by atoms with Gasteiger partial charge < -0.3 is 14.4 Å². The molecule has 7 aromatic carbocycles. The smallest absolute Gasteiger partial charge is 0.337 e. The van der Waals surface area contributed by atoms with Gasteiger partial charge in [0.25, 0.3) is 0 Å². The van der Waals surface area contributed by atoms with Gasteiger partial charge in [-0.1, -0.05) is 103 Å². The highest BCUT2D eigenvalue weighted by molar-refractivity contribution is 6.24. The predicted molar refractivity (Wildman–Crippen MR) is 268 cm³/mol. The van der Waals surface area contributed by atoms with E-state index in [4.69, 9.17) is 19.7 Å². The molecule has 10 nitrogen and oxygen atoms in total. The number of carbonyl (C=O) groups excluding carboxylic acids is 4. The molecule has 6 aliphatic rings. The molecule has 0 aromatic heterocycles.